The Bertz CT molecular complexity index is 1450. The largest absolute Gasteiger partial charge is 0.493 e. The van der Waals surface area contributed by atoms with Gasteiger partial charge < -0.3 is 15.2 Å². The van der Waals surface area contributed by atoms with Crippen LogP contribution in [-0.4, -0.2) is 47.6 Å². The molecule has 1 aliphatic heterocycles. The van der Waals surface area contributed by atoms with Crippen LogP contribution in [0.25, 0.3) is 0 Å². The van der Waals surface area contributed by atoms with E-state index in [1.165, 1.54) is 6.07 Å². The van der Waals surface area contributed by atoms with Crippen molar-refractivity contribution in [2.45, 2.75) is 57.5 Å². The Morgan fingerprint density at radius 3 is 2.40 bits per heavy atom. The van der Waals surface area contributed by atoms with Crippen molar-refractivity contribution in [3.05, 3.63) is 99.3 Å². The first-order valence-electron chi connectivity index (χ1n) is 14.7. The smallest absolute Gasteiger partial charge is 0.326 e. The molecule has 0 aromatic heterocycles. The maximum absolute atomic E-state index is 15.2. The number of nitrogens with one attached hydrogen (secondary N) is 1. The number of allylic oxidation sites excluding steroid dienone is 3. The summed E-state index contributed by atoms with van der Waals surface area (Å²) in [6.07, 6.45) is 11.2. The molecule has 9 heteroatoms. The van der Waals surface area contributed by atoms with E-state index in [1.807, 2.05) is 43.4 Å². The minimum Gasteiger partial charge on any atom is -0.493 e. The van der Waals surface area contributed by atoms with Crippen LogP contribution in [-0.2, 0) is 4.79 Å². The van der Waals surface area contributed by atoms with E-state index in [2.05, 4.69) is 23.7 Å². The van der Waals surface area contributed by atoms with Crippen LogP contribution < -0.4 is 10.1 Å². The summed E-state index contributed by atoms with van der Waals surface area (Å²) in [5.41, 5.74) is 2.29. The number of hydrogen-bond acceptors (Lipinski definition) is 4. The molecule has 1 heterocycles. The lowest BCUT2D eigenvalue weighted by atomic mass is 9.79. The minimum absolute atomic E-state index is 0.102. The van der Waals surface area contributed by atoms with Crippen molar-refractivity contribution in [2.24, 2.45) is 11.3 Å². The number of carboxylic acids is 1. The van der Waals surface area contributed by atoms with E-state index in [0.717, 1.165) is 42.4 Å². The SMILES string of the molecule is C=C(/C=C\C=C/C)[C@@H](c1cc(Cl)cc(Cl)c1)N1CC(C)(COc2cc(F)c(C(=O)N[C@H](C(=O)O)C3CC3)cc2C2CC2)C1. The van der Waals surface area contributed by atoms with Gasteiger partial charge in [0.25, 0.3) is 5.91 Å². The predicted molar refractivity (Wildman–Crippen MR) is 167 cm³/mol. The van der Waals surface area contributed by atoms with Gasteiger partial charge in [0.15, 0.2) is 0 Å². The van der Waals surface area contributed by atoms with Gasteiger partial charge in [-0.1, -0.05) is 61.0 Å². The average Bonchev–Trinajstić information content (AvgIpc) is 3.83. The van der Waals surface area contributed by atoms with E-state index in [0.29, 0.717) is 35.5 Å². The zero-order valence-electron chi connectivity index (χ0n) is 24.4. The third-order valence-corrected chi connectivity index (χ3v) is 8.72. The first-order chi connectivity index (χ1) is 20.5. The molecule has 0 radical (unpaired) electrons. The van der Waals surface area contributed by atoms with Gasteiger partial charge in [0.2, 0.25) is 0 Å². The highest BCUT2D eigenvalue weighted by atomic mass is 35.5. The van der Waals surface area contributed by atoms with Crippen LogP contribution in [0, 0.1) is 17.2 Å². The molecule has 2 N–H and O–H groups in total. The van der Waals surface area contributed by atoms with Gasteiger partial charge in [-0.05, 0) is 85.4 Å². The third kappa shape index (κ3) is 7.51. The van der Waals surface area contributed by atoms with Crippen molar-refractivity contribution >= 4 is 35.1 Å². The van der Waals surface area contributed by atoms with E-state index in [-0.39, 0.29) is 28.9 Å². The van der Waals surface area contributed by atoms with Crippen LogP contribution in [0.15, 0.2) is 66.8 Å². The number of benzene rings is 2. The minimum atomic E-state index is -1.10. The number of rotatable bonds is 13. The molecule has 2 aromatic rings. The number of halogens is 3. The summed E-state index contributed by atoms with van der Waals surface area (Å²) in [6.45, 7) is 10.2. The van der Waals surface area contributed by atoms with Crippen LogP contribution in [0.1, 0.15) is 73.0 Å². The molecule has 2 atom stereocenters. The lowest BCUT2D eigenvalue weighted by Crippen LogP contribution is -2.58. The molecule has 0 spiro atoms. The number of carboxylic acid groups (broad SMARTS) is 1. The van der Waals surface area contributed by atoms with Gasteiger partial charge in [0, 0.05) is 34.6 Å². The van der Waals surface area contributed by atoms with Crippen molar-refractivity contribution in [3.8, 4) is 5.75 Å². The summed E-state index contributed by atoms with van der Waals surface area (Å²) in [6, 6.07) is 7.20. The Labute approximate surface area is 262 Å². The van der Waals surface area contributed by atoms with Gasteiger partial charge in [0.1, 0.15) is 17.6 Å². The van der Waals surface area contributed by atoms with Crippen LogP contribution in [0.4, 0.5) is 4.39 Å². The van der Waals surface area contributed by atoms with Crippen LogP contribution in [0.2, 0.25) is 10.0 Å². The molecule has 0 bridgehead atoms. The summed E-state index contributed by atoms with van der Waals surface area (Å²) in [4.78, 5) is 26.8. The van der Waals surface area contributed by atoms with E-state index >= 15 is 4.39 Å². The fourth-order valence-electron chi connectivity index (χ4n) is 5.85. The van der Waals surface area contributed by atoms with E-state index < -0.39 is 23.7 Å². The molecule has 2 aliphatic carbocycles. The second-order valence-corrected chi connectivity index (χ2v) is 13.2. The van der Waals surface area contributed by atoms with Crippen LogP contribution in [0.5, 0.6) is 5.75 Å². The first-order valence-corrected chi connectivity index (χ1v) is 15.4. The molecule has 2 aromatic carbocycles. The van der Waals surface area contributed by atoms with Crippen LogP contribution in [0.3, 0.4) is 0 Å². The zero-order chi connectivity index (χ0) is 30.9. The predicted octanol–water partition coefficient (Wildman–Crippen LogP) is 7.73. The fourth-order valence-corrected chi connectivity index (χ4v) is 6.39. The van der Waals surface area contributed by atoms with Crippen molar-refractivity contribution in [2.75, 3.05) is 19.7 Å². The normalized spacial score (nSPS) is 19.7. The summed E-state index contributed by atoms with van der Waals surface area (Å²) >= 11 is 12.7. The molecule has 228 valence electrons. The first kappa shape index (κ1) is 31.3. The summed E-state index contributed by atoms with van der Waals surface area (Å²) in [5, 5.41) is 13.1. The topological polar surface area (TPSA) is 78.9 Å². The van der Waals surface area contributed by atoms with Gasteiger partial charge in [-0.3, -0.25) is 9.69 Å². The average molecular weight is 628 g/mol. The molecule has 6 nitrogen and oxygen atoms in total. The highest BCUT2D eigenvalue weighted by molar-refractivity contribution is 6.34. The summed E-state index contributed by atoms with van der Waals surface area (Å²) < 4.78 is 21.5. The van der Waals surface area contributed by atoms with Crippen molar-refractivity contribution in [3.63, 3.8) is 0 Å². The molecule has 3 aliphatic rings. The quantitative estimate of drug-likeness (QED) is 0.222. The van der Waals surface area contributed by atoms with E-state index in [1.54, 1.807) is 12.1 Å². The number of likely N-dealkylation sites (tertiary alicyclic amines) is 1. The molecular formula is C34H37Cl2FN2O4. The molecule has 2 saturated carbocycles. The number of aliphatic carboxylic acids is 1. The molecule has 5 rings (SSSR count). The van der Waals surface area contributed by atoms with Gasteiger partial charge in [-0.15, -0.1) is 0 Å². The second-order valence-electron chi connectivity index (χ2n) is 12.3. The Hall–Kier alpha value is -3.13. The van der Waals surface area contributed by atoms with Gasteiger partial charge >= 0.3 is 5.97 Å². The highest BCUT2D eigenvalue weighted by Crippen LogP contribution is 2.47. The summed E-state index contributed by atoms with van der Waals surface area (Å²) in [5.74, 6) is -2.00. The monoisotopic (exact) mass is 626 g/mol. The Balaban J connectivity index is 1.29. The van der Waals surface area contributed by atoms with E-state index in [4.69, 9.17) is 27.9 Å². The Kier molecular flexibility index (Phi) is 9.35. The number of ether oxygens (including phenoxy) is 1. The van der Waals surface area contributed by atoms with Gasteiger partial charge in [0.05, 0.1) is 18.2 Å². The Morgan fingerprint density at radius 1 is 1.14 bits per heavy atom. The number of hydrogen-bond donors (Lipinski definition) is 2. The van der Waals surface area contributed by atoms with Crippen molar-refractivity contribution in [1.29, 1.82) is 0 Å². The lowest BCUT2D eigenvalue weighted by Gasteiger charge is -2.51. The second kappa shape index (κ2) is 12.8. The van der Waals surface area contributed by atoms with Gasteiger partial charge in [-0.25, -0.2) is 9.18 Å². The fraction of sp³-hybridized carbons (Fsp3) is 0.412. The van der Waals surface area contributed by atoms with Crippen molar-refractivity contribution < 1.29 is 23.8 Å². The number of carbonyl (C=O) groups excluding carboxylic acids is 1. The maximum Gasteiger partial charge on any atom is 0.326 e. The van der Waals surface area contributed by atoms with Crippen LogP contribution >= 0.6 is 23.2 Å². The van der Waals surface area contributed by atoms with Gasteiger partial charge in [-0.2, -0.15) is 0 Å². The number of amides is 1. The number of carbonyl (C=O) groups is 2. The maximum atomic E-state index is 15.2. The number of nitrogens with zero attached hydrogens (tertiary/aromatic N) is 1. The summed E-state index contributed by atoms with van der Waals surface area (Å²) in [7, 11) is 0. The standard InChI is InChI=1S/C34H37Cl2FN2O4/c1-4-5-6-7-20(2)31(23-12-24(35)14-25(36)13-23)39-17-34(3,18-39)19-43-29-16-28(37)27(15-26(29)21-8-9-21)32(40)38-30(33(41)42)22-10-11-22/h4-7,12-16,21-22,30-31H,2,8-11,17-19H2,1,3H3,(H,38,40)(H,41,42)/b5-4-,7-6-/t30-,31-/m0/s1. The van der Waals surface area contributed by atoms with E-state index in [9.17, 15) is 14.7 Å². The lowest BCUT2D eigenvalue weighted by molar-refractivity contribution is -0.139. The Morgan fingerprint density at radius 2 is 1.81 bits per heavy atom. The molecule has 1 saturated heterocycles. The third-order valence-electron chi connectivity index (χ3n) is 8.28. The zero-order valence-corrected chi connectivity index (χ0v) is 25.9. The molecule has 1 amide bonds. The highest BCUT2D eigenvalue weighted by Gasteiger charge is 2.44. The molecular weight excluding hydrogens is 590 g/mol. The molecule has 3 fully saturated rings. The van der Waals surface area contributed by atoms with Crippen molar-refractivity contribution in [1.82, 2.24) is 10.2 Å². The molecule has 43 heavy (non-hydrogen) atoms. The molecule has 0 unspecified atom stereocenters.